The standard InChI is InChI=1S/C15H21ClN2O3S/c1-4-18(5-2)15(21)10-17(3)14(20)9-6-11(19)12-7-8-13(16)22-12/h7-8H,4-6,9-10H2,1-3H3. The zero-order valence-electron chi connectivity index (χ0n) is 13.1. The number of nitrogens with zero attached hydrogens (tertiary/aromatic N) is 2. The highest BCUT2D eigenvalue weighted by molar-refractivity contribution is 7.18. The molecule has 0 aliphatic heterocycles. The maximum absolute atomic E-state index is 12.0. The molecule has 0 saturated heterocycles. The molecule has 7 heteroatoms. The van der Waals surface area contributed by atoms with Crippen molar-refractivity contribution in [3.8, 4) is 0 Å². The first-order valence-electron chi connectivity index (χ1n) is 7.19. The minimum Gasteiger partial charge on any atom is -0.342 e. The third-order valence-corrected chi connectivity index (χ3v) is 4.60. The van der Waals surface area contributed by atoms with Crippen LogP contribution in [-0.2, 0) is 9.59 Å². The Kier molecular flexibility index (Phi) is 7.55. The molecule has 1 rings (SSSR count). The molecule has 0 aliphatic rings. The molecule has 122 valence electrons. The number of amides is 2. The van der Waals surface area contributed by atoms with Crippen LogP contribution in [0.1, 0.15) is 36.4 Å². The van der Waals surface area contributed by atoms with Gasteiger partial charge in [-0.2, -0.15) is 0 Å². The molecule has 22 heavy (non-hydrogen) atoms. The predicted molar refractivity (Wildman–Crippen MR) is 88.5 cm³/mol. The van der Waals surface area contributed by atoms with Crippen molar-refractivity contribution in [3.63, 3.8) is 0 Å². The molecule has 0 spiro atoms. The van der Waals surface area contributed by atoms with Gasteiger partial charge in [0.15, 0.2) is 5.78 Å². The lowest BCUT2D eigenvalue weighted by Gasteiger charge is -2.23. The quantitative estimate of drug-likeness (QED) is 0.681. The van der Waals surface area contributed by atoms with Gasteiger partial charge in [0, 0.05) is 33.0 Å². The Balaban J connectivity index is 2.44. The number of rotatable bonds is 8. The number of thiophene rings is 1. The normalized spacial score (nSPS) is 10.4. The Morgan fingerprint density at radius 2 is 1.73 bits per heavy atom. The summed E-state index contributed by atoms with van der Waals surface area (Å²) >= 11 is 6.99. The van der Waals surface area contributed by atoms with E-state index < -0.39 is 0 Å². The van der Waals surface area contributed by atoms with E-state index in [0.29, 0.717) is 22.3 Å². The predicted octanol–water partition coefficient (Wildman–Crippen LogP) is 2.69. The molecule has 0 fully saturated rings. The van der Waals surface area contributed by atoms with E-state index >= 15 is 0 Å². The van der Waals surface area contributed by atoms with Gasteiger partial charge in [-0.3, -0.25) is 14.4 Å². The van der Waals surface area contributed by atoms with E-state index in [1.807, 2.05) is 13.8 Å². The molecule has 5 nitrogen and oxygen atoms in total. The molecule has 0 N–H and O–H groups in total. The van der Waals surface area contributed by atoms with Crippen molar-refractivity contribution in [2.45, 2.75) is 26.7 Å². The Morgan fingerprint density at radius 3 is 2.23 bits per heavy atom. The van der Waals surface area contributed by atoms with Gasteiger partial charge in [-0.1, -0.05) is 11.6 Å². The van der Waals surface area contributed by atoms with E-state index in [0.717, 1.165) is 0 Å². The van der Waals surface area contributed by atoms with Crippen molar-refractivity contribution < 1.29 is 14.4 Å². The average molecular weight is 345 g/mol. The molecule has 1 aromatic heterocycles. The van der Waals surface area contributed by atoms with E-state index in [9.17, 15) is 14.4 Å². The molecule has 1 aromatic rings. The second kappa shape index (κ2) is 8.90. The van der Waals surface area contributed by atoms with Gasteiger partial charge < -0.3 is 9.80 Å². The molecule has 0 bridgehead atoms. The van der Waals surface area contributed by atoms with Gasteiger partial charge in [0.25, 0.3) is 0 Å². The van der Waals surface area contributed by atoms with Gasteiger partial charge >= 0.3 is 0 Å². The summed E-state index contributed by atoms with van der Waals surface area (Å²) in [5.74, 6) is -0.401. The zero-order chi connectivity index (χ0) is 16.7. The Hall–Kier alpha value is -1.40. The highest BCUT2D eigenvalue weighted by Gasteiger charge is 2.18. The summed E-state index contributed by atoms with van der Waals surface area (Å²) in [5.41, 5.74) is 0. The maximum Gasteiger partial charge on any atom is 0.242 e. The molecular weight excluding hydrogens is 324 g/mol. The van der Waals surface area contributed by atoms with Crippen LogP contribution in [0.15, 0.2) is 12.1 Å². The van der Waals surface area contributed by atoms with Crippen LogP contribution in [0, 0.1) is 0 Å². The molecule has 1 heterocycles. The molecule has 0 radical (unpaired) electrons. The second-order valence-corrected chi connectivity index (χ2v) is 6.56. The van der Waals surface area contributed by atoms with E-state index in [2.05, 4.69) is 0 Å². The number of hydrogen-bond acceptors (Lipinski definition) is 4. The van der Waals surface area contributed by atoms with Gasteiger partial charge in [-0.15, -0.1) is 11.3 Å². The number of Topliss-reactive ketones (excluding diaryl/α,β-unsaturated/α-hetero) is 1. The van der Waals surface area contributed by atoms with Crippen LogP contribution in [0.5, 0.6) is 0 Å². The van der Waals surface area contributed by atoms with Crippen LogP contribution < -0.4 is 0 Å². The third-order valence-electron chi connectivity index (χ3n) is 3.33. The minimum absolute atomic E-state index is 0.0412. The fraction of sp³-hybridized carbons (Fsp3) is 0.533. The summed E-state index contributed by atoms with van der Waals surface area (Å²) < 4.78 is 0.552. The SMILES string of the molecule is CCN(CC)C(=O)CN(C)C(=O)CCC(=O)c1ccc(Cl)s1. The summed E-state index contributed by atoms with van der Waals surface area (Å²) in [5, 5.41) is 0. The van der Waals surface area contributed by atoms with E-state index in [-0.39, 0.29) is 37.0 Å². The molecule has 2 amide bonds. The summed E-state index contributed by atoms with van der Waals surface area (Å²) in [6.07, 6.45) is 0.218. The van der Waals surface area contributed by atoms with E-state index in [1.54, 1.807) is 24.1 Å². The van der Waals surface area contributed by atoms with Crippen molar-refractivity contribution >= 4 is 40.5 Å². The minimum atomic E-state index is -0.212. The monoisotopic (exact) mass is 344 g/mol. The lowest BCUT2D eigenvalue weighted by molar-refractivity contribution is -0.139. The number of hydrogen-bond donors (Lipinski definition) is 0. The van der Waals surface area contributed by atoms with Crippen molar-refractivity contribution in [2.75, 3.05) is 26.7 Å². The topological polar surface area (TPSA) is 57.7 Å². The first-order valence-corrected chi connectivity index (χ1v) is 8.38. The number of halogens is 1. The van der Waals surface area contributed by atoms with Crippen LogP contribution in [0.2, 0.25) is 4.34 Å². The molecule has 0 aromatic carbocycles. The van der Waals surface area contributed by atoms with Crippen molar-refractivity contribution in [2.24, 2.45) is 0 Å². The summed E-state index contributed by atoms with van der Waals surface area (Å²) in [6, 6.07) is 3.32. The van der Waals surface area contributed by atoms with Gasteiger partial charge in [0.1, 0.15) is 0 Å². The second-order valence-electron chi connectivity index (χ2n) is 4.84. The number of ketones is 1. The van der Waals surface area contributed by atoms with Crippen LogP contribution in [-0.4, -0.2) is 54.1 Å². The highest BCUT2D eigenvalue weighted by Crippen LogP contribution is 2.22. The smallest absolute Gasteiger partial charge is 0.242 e. The Labute approximate surface area is 139 Å². The lowest BCUT2D eigenvalue weighted by atomic mass is 10.2. The number of likely N-dealkylation sites (N-methyl/N-ethyl adjacent to an activating group) is 2. The van der Waals surface area contributed by atoms with E-state index in [4.69, 9.17) is 11.6 Å². The van der Waals surface area contributed by atoms with Gasteiger partial charge in [-0.05, 0) is 26.0 Å². The van der Waals surface area contributed by atoms with Crippen molar-refractivity contribution in [1.29, 1.82) is 0 Å². The summed E-state index contributed by atoms with van der Waals surface area (Å²) in [6.45, 7) is 5.07. The summed E-state index contributed by atoms with van der Waals surface area (Å²) in [7, 11) is 1.58. The third kappa shape index (κ3) is 5.42. The number of carbonyl (C=O) groups is 3. The lowest BCUT2D eigenvalue weighted by Crippen LogP contribution is -2.41. The van der Waals surface area contributed by atoms with Crippen LogP contribution in [0.3, 0.4) is 0 Å². The first kappa shape index (κ1) is 18.6. The van der Waals surface area contributed by atoms with Crippen molar-refractivity contribution in [1.82, 2.24) is 9.80 Å². The molecule has 0 atom stereocenters. The number of carbonyl (C=O) groups excluding carboxylic acids is 3. The average Bonchev–Trinajstić information content (AvgIpc) is 2.92. The van der Waals surface area contributed by atoms with Crippen molar-refractivity contribution in [3.05, 3.63) is 21.3 Å². The molecule has 0 aliphatic carbocycles. The van der Waals surface area contributed by atoms with Gasteiger partial charge in [-0.25, -0.2) is 0 Å². The largest absolute Gasteiger partial charge is 0.342 e. The van der Waals surface area contributed by atoms with Gasteiger partial charge in [0.05, 0.1) is 15.8 Å². The highest BCUT2D eigenvalue weighted by atomic mass is 35.5. The molecule has 0 saturated carbocycles. The Morgan fingerprint density at radius 1 is 1.09 bits per heavy atom. The fourth-order valence-corrected chi connectivity index (χ4v) is 2.98. The van der Waals surface area contributed by atoms with Crippen LogP contribution in [0.25, 0.3) is 0 Å². The first-order chi connectivity index (χ1) is 10.4. The molecule has 0 unspecified atom stereocenters. The maximum atomic E-state index is 12.0. The zero-order valence-corrected chi connectivity index (χ0v) is 14.7. The summed E-state index contributed by atoms with van der Waals surface area (Å²) in [4.78, 5) is 39.4. The van der Waals surface area contributed by atoms with E-state index in [1.165, 1.54) is 16.2 Å². The van der Waals surface area contributed by atoms with Crippen LogP contribution >= 0.6 is 22.9 Å². The fourth-order valence-electron chi connectivity index (χ4n) is 1.97. The molecular formula is C15H21ClN2O3S. The van der Waals surface area contributed by atoms with Gasteiger partial charge in [0.2, 0.25) is 11.8 Å². The van der Waals surface area contributed by atoms with Crippen LogP contribution in [0.4, 0.5) is 0 Å². The Bertz CT molecular complexity index is 541.